The number of aromatic nitrogens is 3. The molecule has 20 heavy (non-hydrogen) atoms. The van der Waals surface area contributed by atoms with Crippen LogP contribution < -0.4 is 0 Å². The van der Waals surface area contributed by atoms with Crippen LogP contribution in [0.15, 0.2) is 70.7 Å². The standard InChI is InChI=1S/C16H15N3S/c1-13-7-9-15(10-8-13)20-16-12-19(18-17-16)11-14-5-3-2-4-6-14/h2-10,12H,11H2,1H3. The highest BCUT2D eigenvalue weighted by atomic mass is 32.2. The zero-order chi connectivity index (χ0) is 13.8. The normalized spacial score (nSPS) is 10.7. The van der Waals surface area contributed by atoms with Crippen molar-refractivity contribution in [2.24, 2.45) is 0 Å². The van der Waals surface area contributed by atoms with Crippen LogP contribution in [-0.2, 0) is 6.54 Å². The van der Waals surface area contributed by atoms with Gasteiger partial charge in [0.1, 0.15) is 5.03 Å². The van der Waals surface area contributed by atoms with Crippen LogP contribution in [0.4, 0.5) is 0 Å². The topological polar surface area (TPSA) is 30.7 Å². The van der Waals surface area contributed by atoms with Crippen LogP contribution in [0.5, 0.6) is 0 Å². The summed E-state index contributed by atoms with van der Waals surface area (Å²) in [6, 6.07) is 18.7. The van der Waals surface area contributed by atoms with Crippen LogP contribution in [0.3, 0.4) is 0 Å². The molecule has 0 N–H and O–H groups in total. The van der Waals surface area contributed by atoms with Crippen molar-refractivity contribution in [3.63, 3.8) is 0 Å². The lowest BCUT2D eigenvalue weighted by Crippen LogP contribution is -1.99. The van der Waals surface area contributed by atoms with E-state index in [0.717, 1.165) is 11.6 Å². The first-order valence-corrected chi connectivity index (χ1v) is 7.30. The summed E-state index contributed by atoms with van der Waals surface area (Å²) in [4.78, 5) is 1.18. The van der Waals surface area contributed by atoms with Gasteiger partial charge in [0.05, 0.1) is 12.7 Å². The Hall–Kier alpha value is -2.07. The fraction of sp³-hybridized carbons (Fsp3) is 0.125. The SMILES string of the molecule is Cc1ccc(Sc2cn(Cc3ccccc3)nn2)cc1. The first-order valence-electron chi connectivity index (χ1n) is 6.48. The summed E-state index contributed by atoms with van der Waals surface area (Å²) in [7, 11) is 0. The van der Waals surface area contributed by atoms with E-state index in [-0.39, 0.29) is 0 Å². The van der Waals surface area contributed by atoms with E-state index in [1.165, 1.54) is 16.0 Å². The Bertz CT molecular complexity index is 674. The lowest BCUT2D eigenvalue weighted by atomic mass is 10.2. The van der Waals surface area contributed by atoms with Crippen molar-refractivity contribution in [1.82, 2.24) is 15.0 Å². The van der Waals surface area contributed by atoms with Crippen LogP contribution in [0.25, 0.3) is 0 Å². The Morgan fingerprint density at radius 1 is 1.00 bits per heavy atom. The van der Waals surface area contributed by atoms with Gasteiger partial charge in [-0.1, -0.05) is 65.0 Å². The molecule has 0 saturated heterocycles. The van der Waals surface area contributed by atoms with E-state index >= 15 is 0 Å². The van der Waals surface area contributed by atoms with Gasteiger partial charge in [0.25, 0.3) is 0 Å². The Morgan fingerprint density at radius 2 is 1.75 bits per heavy atom. The molecule has 4 heteroatoms. The molecule has 0 radical (unpaired) electrons. The van der Waals surface area contributed by atoms with Crippen molar-refractivity contribution in [2.45, 2.75) is 23.4 Å². The van der Waals surface area contributed by atoms with Crippen molar-refractivity contribution < 1.29 is 0 Å². The van der Waals surface area contributed by atoms with Gasteiger partial charge in [-0.3, -0.25) is 0 Å². The molecule has 0 spiro atoms. The molecule has 100 valence electrons. The molecular weight excluding hydrogens is 266 g/mol. The summed E-state index contributed by atoms with van der Waals surface area (Å²) < 4.78 is 1.87. The largest absolute Gasteiger partial charge is 0.247 e. The quantitative estimate of drug-likeness (QED) is 0.729. The second-order valence-corrected chi connectivity index (χ2v) is 5.75. The zero-order valence-electron chi connectivity index (χ0n) is 11.2. The molecule has 0 atom stereocenters. The first kappa shape index (κ1) is 12.9. The van der Waals surface area contributed by atoms with E-state index in [4.69, 9.17) is 0 Å². The number of rotatable bonds is 4. The number of hydrogen-bond acceptors (Lipinski definition) is 3. The van der Waals surface area contributed by atoms with Crippen LogP contribution in [0.2, 0.25) is 0 Å². The first-order chi connectivity index (χ1) is 9.79. The van der Waals surface area contributed by atoms with Gasteiger partial charge in [-0.05, 0) is 24.6 Å². The fourth-order valence-corrected chi connectivity index (χ4v) is 2.67. The van der Waals surface area contributed by atoms with Crippen molar-refractivity contribution >= 4 is 11.8 Å². The highest BCUT2D eigenvalue weighted by molar-refractivity contribution is 7.99. The Kier molecular flexibility index (Phi) is 3.83. The third kappa shape index (κ3) is 3.27. The van der Waals surface area contributed by atoms with Crippen molar-refractivity contribution in [2.75, 3.05) is 0 Å². The Balaban J connectivity index is 1.69. The molecule has 3 aromatic rings. The lowest BCUT2D eigenvalue weighted by molar-refractivity contribution is 0.649. The number of hydrogen-bond donors (Lipinski definition) is 0. The zero-order valence-corrected chi connectivity index (χ0v) is 12.0. The summed E-state index contributed by atoms with van der Waals surface area (Å²) in [6.45, 7) is 2.84. The molecule has 1 heterocycles. The van der Waals surface area contributed by atoms with Gasteiger partial charge >= 0.3 is 0 Å². The summed E-state index contributed by atoms with van der Waals surface area (Å²) in [5.74, 6) is 0. The molecule has 1 aromatic heterocycles. The van der Waals surface area contributed by atoms with E-state index in [2.05, 4.69) is 53.6 Å². The molecule has 0 aliphatic heterocycles. The number of aryl methyl sites for hydroxylation is 1. The Morgan fingerprint density at radius 3 is 2.50 bits per heavy atom. The monoisotopic (exact) mass is 281 g/mol. The van der Waals surface area contributed by atoms with Crippen LogP contribution in [-0.4, -0.2) is 15.0 Å². The predicted octanol–water partition coefficient (Wildman–Crippen LogP) is 3.79. The molecule has 3 nitrogen and oxygen atoms in total. The molecular formula is C16H15N3S. The minimum Gasteiger partial charge on any atom is -0.247 e. The van der Waals surface area contributed by atoms with E-state index in [1.54, 1.807) is 11.8 Å². The van der Waals surface area contributed by atoms with Crippen molar-refractivity contribution in [1.29, 1.82) is 0 Å². The summed E-state index contributed by atoms with van der Waals surface area (Å²) in [5.41, 5.74) is 2.49. The highest BCUT2D eigenvalue weighted by Gasteiger charge is 2.03. The van der Waals surface area contributed by atoms with Gasteiger partial charge in [0.2, 0.25) is 0 Å². The summed E-state index contributed by atoms with van der Waals surface area (Å²) in [5, 5.41) is 9.30. The molecule has 0 aliphatic carbocycles. The summed E-state index contributed by atoms with van der Waals surface area (Å²) >= 11 is 1.63. The maximum absolute atomic E-state index is 4.21. The number of nitrogens with zero attached hydrogens (tertiary/aromatic N) is 3. The van der Waals surface area contributed by atoms with Gasteiger partial charge in [0.15, 0.2) is 0 Å². The molecule has 0 bridgehead atoms. The number of benzene rings is 2. The molecule has 0 amide bonds. The molecule has 0 aliphatic rings. The third-order valence-corrected chi connectivity index (χ3v) is 3.85. The molecule has 0 saturated carbocycles. The molecule has 0 unspecified atom stereocenters. The van der Waals surface area contributed by atoms with Crippen LogP contribution in [0.1, 0.15) is 11.1 Å². The minimum atomic E-state index is 0.752. The molecule has 3 rings (SSSR count). The second-order valence-electron chi connectivity index (χ2n) is 4.66. The minimum absolute atomic E-state index is 0.752. The predicted molar refractivity (Wildman–Crippen MR) is 80.9 cm³/mol. The van der Waals surface area contributed by atoms with E-state index in [1.807, 2.05) is 29.1 Å². The van der Waals surface area contributed by atoms with Gasteiger partial charge in [-0.2, -0.15) is 0 Å². The van der Waals surface area contributed by atoms with E-state index in [9.17, 15) is 0 Å². The van der Waals surface area contributed by atoms with Gasteiger partial charge in [-0.25, -0.2) is 4.68 Å². The van der Waals surface area contributed by atoms with E-state index < -0.39 is 0 Å². The average molecular weight is 281 g/mol. The van der Waals surface area contributed by atoms with E-state index in [0.29, 0.717) is 0 Å². The van der Waals surface area contributed by atoms with Gasteiger partial charge < -0.3 is 0 Å². The van der Waals surface area contributed by atoms with Crippen LogP contribution >= 0.6 is 11.8 Å². The van der Waals surface area contributed by atoms with Crippen molar-refractivity contribution in [3.8, 4) is 0 Å². The summed E-state index contributed by atoms with van der Waals surface area (Å²) in [6.07, 6.45) is 1.98. The molecule has 2 aromatic carbocycles. The molecule has 0 fully saturated rings. The maximum Gasteiger partial charge on any atom is 0.143 e. The average Bonchev–Trinajstić information content (AvgIpc) is 2.90. The highest BCUT2D eigenvalue weighted by Crippen LogP contribution is 2.25. The second kappa shape index (κ2) is 5.92. The lowest BCUT2D eigenvalue weighted by Gasteiger charge is -1.99. The fourth-order valence-electron chi connectivity index (χ4n) is 1.90. The van der Waals surface area contributed by atoms with Crippen molar-refractivity contribution in [3.05, 3.63) is 71.9 Å². The van der Waals surface area contributed by atoms with Gasteiger partial charge in [0, 0.05) is 4.90 Å². The third-order valence-electron chi connectivity index (χ3n) is 2.95. The maximum atomic E-state index is 4.21. The van der Waals surface area contributed by atoms with Gasteiger partial charge in [-0.15, -0.1) is 5.10 Å². The Labute approximate surface area is 122 Å². The smallest absolute Gasteiger partial charge is 0.143 e. The van der Waals surface area contributed by atoms with Crippen LogP contribution in [0, 0.1) is 6.92 Å².